The van der Waals surface area contributed by atoms with Crippen LogP contribution in [0.15, 0.2) is 36.5 Å². The third-order valence-corrected chi connectivity index (χ3v) is 7.67. The van der Waals surface area contributed by atoms with Crippen molar-refractivity contribution in [3.05, 3.63) is 59.3 Å². The Morgan fingerprint density at radius 1 is 1.23 bits per heavy atom. The van der Waals surface area contributed by atoms with Gasteiger partial charge in [-0.2, -0.15) is 17.9 Å². The molecule has 1 N–H and O–H groups in total. The van der Waals surface area contributed by atoms with Crippen molar-refractivity contribution in [1.82, 2.24) is 30.5 Å². The van der Waals surface area contributed by atoms with E-state index in [2.05, 4.69) is 25.8 Å². The normalized spacial score (nSPS) is 24.9. The molecule has 1 saturated carbocycles. The predicted octanol–water partition coefficient (Wildman–Crippen LogP) is 5.00. The van der Waals surface area contributed by atoms with Crippen LogP contribution in [0.25, 0.3) is 5.69 Å². The standard InChI is InChI=1S/C27H31F5N6O2/c1-16(2)40-24-22(11-21(14-34-24)38-25(27(30,31)32)35-36-37-38)19-12-26(39-15-19)8-7-18(13-33-10-9-28)23(26)17-3-5-20(29)6-4-17/h3-6,11,14,16,18-19,23,33H,7-10,12-13,15H2,1-2H3/t18-,19-,23-,26-/m1/s1. The summed E-state index contributed by atoms with van der Waals surface area (Å²) in [6.45, 7) is 4.33. The summed E-state index contributed by atoms with van der Waals surface area (Å²) in [5, 5.41) is 13.1. The second kappa shape index (κ2) is 11.4. The number of halogens is 5. The highest BCUT2D eigenvalue weighted by molar-refractivity contribution is 5.42. The Bertz CT molecular complexity index is 1300. The fourth-order valence-corrected chi connectivity index (χ4v) is 6.12. The van der Waals surface area contributed by atoms with Crippen LogP contribution in [0.1, 0.15) is 61.9 Å². The van der Waals surface area contributed by atoms with Gasteiger partial charge in [-0.25, -0.2) is 13.8 Å². The molecule has 1 spiro atoms. The lowest BCUT2D eigenvalue weighted by molar-refractivity contribution is -0.146. The zero-order valence-electron chi connectivity index (χ0n) is 22.2. The average molecular weight is 567 g/mol. The summed E-state index contributed by atoms with van der Waals surface area (Å²) < 4.78 is 80.3. The first-order chi connectivity index (χ1) is 19.1. The molecule has 8 nitrogen and oxygen atoms in total. The first kappa shape index (κ1) is 28.3. The maximum Gasteiger partial charge on any atom is 0.453 e. The molecule has 4 atom stereocenters. The third kappa shape index (κ3) is 5.67. The molecule has 2 aromatic heterocycles. The van der Waals surface area contributed by atoms with Gasteiger partial charge in [0.2, 0.25) is 5.88 Å². The zero-order chi connectivity index (χ0) is 28.5. The van der Waals surface area contributed by atoms with E-state index in [1.165, 1.54) is 18.3 Å². The van der Waals surface area contributed by atoms with Crippen LogP contribution in [0.4, 0.5) is 22.0 Å². The fraction of sp³-hybridized carbons (Fsp3) is 0.556. The van der Waals surface area contributed by atoms with Crippen molar-refractivity contribution < 1.29 is 31.4 Å². The van der Waals surface area contributed by atoms with Crippen LogP contribution < -0.4 is 10.1 Å². The Morgan fingerprint density at radius 2 is 2.00 bits per heavy atom. The molecule has 5 rings (SSSR count). The summed E-state index contributed by atoms with van der Waals surface area (Å²) in [5.74, 6) is -1.50. The summed E-state index contributed by atoms with van der Waals surface area (Å²) in [7, 11) is 0. The Morgan fingerprint density at radius 3 is 2.70 bits per heavy atom. The monoisotopic (exact) mass is 566 g/mol. The average Bonchev–Trinajstić information content (AvgIpc) is 3.64. The highest BCUT2D eigenvalue weighted by Crippen LogP contribution is 2.56. The van der Waals surface area contributed by atoms with Gasteiger partial charge in [0.15, 0.2) is 0 Å². The van der Waals surface area contributed by atoms with Gasteiger partial charge in [0.05, 0.1) is 30.2 Å². The van der Waals surface area contributed by atoms with Crippen LogP contribution in [0.5, 0.6) is 5.88 Å². The number of benzene rings is 1. The Kier molecular flexibility index (Phi) is 8.05. The number of rotatable bonds is 9. The fourth-order valence-electron chi connectivity index (χ4n) is 6.12. The molecule has 0 amide bonds. The molecule has 3 aromatic rings. The van der Waals surface area contributed by atoms with Crippen LogP contribution in [-0.4, -0.2) is 63.3 Å². The summed E-state index contributed by atoms with van der Waals surface area (Å²) in [5.41, 5.74) is 0.991. The van der Waals surface area contributed by atoms with Crippen molar-refractivity contribution in [3.8, 4) is 11.6 Å². The number of nitrogens with one attached hydrogen (secondary N) is 1. The number of aromatic nitrogens is 5. The highest BCUT2D eigenvalue weighted by atomic mass is 19.4. The first-order valence-electron chi connectivity index (χ1n) is 13.3. The van der Waals surface area contributed by atoms with Gasteiger partial charge >= 0.3 is 6.18 Å². The van der Waals surface area contributed by atoms with Crippen LogP contribution in [0, 0.1) is 11.7 Å². The van der Waals surface area contributed by atoms with E-state index in [0.717, 1.165) is 18.4 Å². The Labute approximate surface area is 228 Å². The lowest BCUT2D eigenvalue weighted by Crippen LogP contribution is -2.36. The van der Waals surface area contributed by atoms with Gasteiger partial charge in [0.1, 0.15) is 12.5 Å². The van der Waals surface area contributed by atoms with Crippen LogP contribution >= 0.6 is 0 Å². The van der Waals surface area contributed by atoms with Crippen LogP contribution in [0.2, 0.25) is 0 Å². The number of ether oxygens (including phenoxy) is 2. The van der Waals surface area contributed by atoms with Crippen molar-refractivity contribution >= 4 is 0 Å². The van der Waals surface area contributed by atoms with E-state index >= 15 is 0 Å². The van der Waals surface area contributed by atoms with E-state index in [9.17, 15) is 22.0 Å². The van der Waals surface area contributed by atoms with Crippen LogP contribution in [0.3, 0.4) is 0 Å². The molecule has 1 aliphatic heterocycles. The molecule has 3 heterocycles. The minimum atomic E-state index is -4.76. The number of alkyl halides is 4. The Balaban J connectivity index is 1.49. The summed E-state index contributed by atoms with van der Waals surface area (Å²) >= 11 is 0. The molecule has 13 heteroatoms. The van der Waals surface area contributed by atoms with Crippen LogP contribution in [-0.2, 0) is 10.9 Å². The molecule has 216 valence electrons. The van der Waals surface area contributed by atoms with Crippen molar-refractivity contribution in [2.75, 3.05) is 26.4 Å². The second-order valence-corrected chi connectivity index (χ2v) is 10.7. The molecule has 2 aliphatic rings. The van der Waals surface area contributed by atoms with Gasteiger partial charge in [-0.3, -0.25) is 0 Å². The SMILES string of the molecule is CC(C)Oc1ncc(-n2nnnc2C(F)(F)F)cc1[C@H]1CO[C@]2(CC[C@H](CNCCF)[C@H]2c2ccc(F)cc2)C1. The van der Waals surface area contributed by atoms with Crippen molar-refractivity contribution in [3.63, 3.8) is 0 Å². The van der Waals surface area contributed by atoms with Gasteiger partial charge < -0.3 is 14.8 Å². The molecule has 0 unspecified atom stereocenters. The van der Waals surface area contributed by atoms with Gasteiger partial charge in [-0.05, 0) is 79.8 Å². The Hall–Kier alpha value is -3.19. The molecule has 0 radical (unpaired) electrons. The molecular formula is C27H31F5N6O2. The number of hydrogen-bond donors (Lipinski definition) is 1. The lowest BCUT2D eigenvalue weighted by atomic mass is 9.76. The summed E-state index contributed by atoms with van der Waals surface area (Å²) in [6.07, 6.45) is -1.63. The van der Waals surface area contributed by atoms with Crippen molar-refractivity contribution in [1.29, 1.82) is 0 Å². The van der Waals surface area contributed by atoms with Crippen molar-refractivity contribution in [2.24, 2.45) is 5.92 Å². The predicted molar refractivity (Wildman–Crippen MR) is 134 cm³/mol. The first-order valence-corrected chi connectivity index (χ1v) is 13.3. The smallest absolute Gasteiger partial charge is 0.453 e. The highest BCUT2D eigenvalue weighted by Gasteiger charge is 2.54. The van der Waals surface area contributed by atoms with Gasteiger partial charge in [-0.15, -0.1) is 5.10 Å². The maximum atomic E-state index is 13.8. The molecule has 1 saturated heterocycles. The maximum absolute atomic E-state index is 13.8. The van der Waals surface area contributed by atoms with E-state index < -0.39 is 24.3 Å². The number of nitrogens with zero attached hydrogens (tertiary/aromatic N) is 5. The molecule has 1 aromatic carbocycles. The van der Waals surface area contributed by atoms with Gasteiger partial charge in [0.25, 0.3) is 5.82 Å². The minimum Gasteiger partial charge on any atom is -0.475 e. The van der Waals surface area contributed by atoms with E-state index in [1.807, 2.05) is 13.8 Å². The minimum absolute atomic E-state index is 0.0548. The quantitative estimate of drug-likeness (QED) is 0.288. The molecule has 1 aliphatic carbocycles. The third-order valence-electron chi connectivity index (χ3n) is 7.67. The lowest BCUT2D eigenvalue weighted by Gasteiger charge is -2.34. The van der Waals surface area contributed by atoms with E-state index in [0.29, 0.717) is 35.7 Å². The van der Waals surface area contributed by atoms with Crippen molar-refractivity contribution in [2.45, 2.75) is 62.8 Å². The van der Waals surface area contributed by atoms with E-state index in [4.69, 9.17) is 9.47 Å². The molecule has 0 bridgehead atoms. The second-order valence-electron chi connectivity index (χ2n) is 10.7. The topological polar surface area (TPSA) is 87.0 Å². The van der Waals surface area contributed by atoms with E-state index in [-0.39, 0.29) is 41.9 Å². The zero-order valence-corrected chi connectivity index (χ0v) is 22.2. The largest absolute Gasteiger partial charge is 0.475 e. The molecule has 40 heavy (non-hydrogen) atoms. The molecule has 2 fully saturated rings. The summed E-state index contributed by atoms with van der Waals surface area (Å²) in [6, 6.07) is 7.94. The summed E-state index contributed by atoms with van der Waals surface area (Å²) in [4.78, 5) is 4.36. The number of pyridine rings is 1. The van der Waals surface area contributed by atoms with Gasteiger partial charge in [0, 0.05) is 23.9 Å². The van der Waals surface area contributed by atoms with E-state index in [1.54, 1.807) is 18.2 Å². The number of hydrogen-bond acceptors (Lipinski definition) is 7. The molecular weight excluding hydrogens is 535 g/mol. The number of tetrazole rings is 1. The van der Waals surface area contributed by atoms with Gasteiger partial charge in [-0.1, -0.05) is 12.1 Å².